The van der Waals surface area contributed by atoms with E-state index in [9.17, 15) is 4.79 Å². The number of benzene rings is 2. The van der Waals surface area contributed by atoms with Crippen molar-refractivity contribution in [3.8, 4) is 11.4 Å². The maximum Gasteiger partial charge on any atom is 0.237 e. The first-order valence-electron chi connectivity index (χ1n) is 8.75. The minimum Gasteiger partial charge on any atom is -0.378 e. The lowest BCUT2D eigenvalue weighted by atomic mass is 10.2. The molecular formula is C20H22ClN5OS. The summed E-state index contributed by atoms with van der Waals surface area (Å²) in [6, 6.07) is 15.1. The summed E-state index contributed by atoms with van der Waals surface area (Å²) in [4.78, 5) is 14.6. The molecule has 0 bridgehead atoms. The van der Waals surface area contributed by atoms with Gasteiger partial charge in [-0.05, 0) is 55.5 Å². The number of thioether (sulfide) groups is 1. The molecule has 0 radical (unpaired) electrons. The van der Waals surface area contributed by atoms with Gasteiger partial charge in [-0.2, -0.15) is 0 Å². The first kappa shape index (κ1) is 20.2. The number of anilines is 2. The first-order valence-corrected chi connectivity index (χ1v) is 10.0. The SMILES string of the molecule is CC(Sc1nnc(-c2ccc(Cl)cc2)n1C)C(=O)Nc1ccc(N(C)C)cc1. The molecule has 0 fully saturated rings. The summed E-state index contributed by atoms with van der Waals surface area (Å²) in [7, 11) is 5.84. The summed E-state index contributed by atoms with van der Waals surface area (Å²) in [6.45, 7) is 1.85. The largest absolute Gasteiger partial charge is 0.378 e. The van der Waals surface area contributed by atoms with Gasteiger partial charge in [0.25, 0.3) is 0 Å². The Morgan fingerprint density at radius 2 is 1.75 bits per heavy atom. The summed E-state index contributed by atoms with van der Waals surface area (Å²) in [6.07, 6.45) is 0. The molecule has 3 aromatic rings. The van der Waals surface area contributed by atoms with Crippen molar-refractivity contribution in [2.24, 2.45) is 7.05 Å². The number of halogens is 1. The molecule has 1 heterocycles. The number of nitrogens with one attached hydrogen (secondary N) is 1. The number of carbonyl (C=O) groups excluding carboxylic acids is 1. The van der Waals surface area contributed by atoms with Crippen LogP contribution in [0.25, 0.3) is 11.4 Å². The average Bonchev–Trinajstić information content (AvgIpc) is 3.03. The standard InChI is InChI=1S/C20H22ClN5OS/c1-13(19(27)22-16-9-11-17(12-10-16)25(2)3)28-20-24-23-18(26(20)4)14-5-7-15(21)8-6-14/h5-13H,1-4H3,(H,22,27). The molecule has 0 saturated carbocycles. The van der Waals surface area contributed by atoms with Crippen LogP contribution < -0.4 is 10.2 Å². The summed E-state index contributed by atoms with van der Waals surface area (Å²) < 4.78 is 1.88. The maximum absolute atomic E-state index is 12.5. The van der Waals surface area contributed by atoms with Crippen LogP contribution >= 0.6 is 23.4 Å². The minimum absolute atomic E-state index is 0.0846. The van der Waals surface area contributed by atoms with Crippen LogP contribution in [0.4, 0.5) is 11.4 Å². The van der Waals surface area contributed by atoms with Crippen LogP contribution in [-0.4, -0.2) is 40.0 Å². The summed E-state index contributed by atoms with van der Waals surface area (Å²) in [5.74, 6) is 0.643. The smallest absolute Gasteiger partial charge is 0.237 e. The molecule has 1 N–H and O–H groups in total. The molecule has 1 unspecified atom stereocenters. The van der Waals surface area contributed by atoms with Crippen LogP contribution in [0.15, 0.2) is 53.7 Å². The normalized spacial score (nSPS) is 11.9. The van der Waals surface area contributed by atoms with Gasteiger partial charge < -0.3 is 14.8 Å². The van der Waals surface area contributed by atoms with E-state index in [4.69, 9.17) is 11.6 Å². The van der Waals surface area contributed by atoms with Crippen LogP contribution in [0.2, 0.25) is 5.02 Å². The van der Waals surface area contributed by atoms with Gasteiger partial charge in [0.05, 0.1) is 5.25 Å². The highest BCUT2D eigenvalue weighted by Gasteiger charge is 2.19. The Bertz CT molecular complexity index is 954. The van der Waals surface area contributed by atoms with Gasteiger partial charge in [0.2, 0.25) is 5.91 Å². The van der Waals surface area contributed by atoms with Crippen LogP contribution in [0, 0.1) is 0 Å². The maximum atomic E-state index is 12.5. The number of hydrogen-bond acceptors (Lipinski definition) is 5. The van der Waals surface area contributed by atoms with E-state index in [1.165, 1.54) is 11.8 Å². The van der Waals surface area contributed by atoms with E-state index in [-0.39, 0.29) is 11.2 Å². The zero-order valence-electron chi connectivity index (χ0n) is 16.2. The predicted octanol–water partition coefficient (Wildman–Crippen LogP) is 4.32. The number of nitrogens with zero attached hydrogens (tertiary/aromatic N) is 4. The van der Waals surface area contributed by atoms with E-state index in [1.54, 1.807) is 0 Å². The topological polar surface area (TPSA) is 63.1 Å². The molecule has 0 aliphatic heterocycles. The fourth-order valence-electron chi connectivity index (χ4n) is 2.57. The molecule has 146 valence electrons. The van der Waals surface area contributed by atoms with Crippen molar-refractivity contribution in [3.05, 3.63) is 53.6 Å². The highest BCUT2D eigenvalue weighted by molar-refractivity contribution is 8.00. The lowest BCUT2D eigenvalue weighted by molar-refractivity contribution is -0.115. The van der Waals surface area contributed by atoms with Crippen molar-refractivity contribution in [2.45, 2.75) is 17.3 Å². The molecule has 0 spiro atoms. The van der Waals surface area contributed by atoms with E-state index in [0.29, 0.717) is 10.2 Å². The zero-order chi connectivity index (χ0) is 20.3. The Morgan fingerprint density at radius 1 is 1.11 bits per heavy atom. The Morgan fingerprint density at radius 3 is 2.36 bits per heavy atom. The molecule has 3 rings (SSSR count). The van der Waals surface area contributed by atoms with Gasteiger partial charge >= 0.3 is 0 Å². The third-order valence-corrected chi connectivity index (χ3v) is 5.63. The highest BCUT2D eigenvalue weighted by atomic mass is 35.5. The second-order valence-corrected chi connectivity index (χ2v) is 8.31. The van der Waals surface area contributed by atoms with Crippen LogP contribution in [0.3, 0.4) is 0 Å². The van der Waals surface area contributed by atoms with E-state index in [2.05, 4.69) is 15.5 Å². The van der Waals surface area contributed by atoms with Crippen LogP contribution in [0.5, 0.6) is 0 Å². The molecule has 8 heteroatoms. The van der Waals surface area contributed by atoms with Crippen LogP contribution in [0.1, 0.15) is 6.92 Å². The van der Waals surface area contributed by atoms with Gasteiger partial charge in [0, 0.05) is 43.1 Å². The van der Waals surface area contributed by atoms with Gasteiger partial charge in [0.1, 0.15) is 0 Å². The zero-order valence-corrected chi connectivity index (χ0v) is 17.8. The van der Waals surface area contributed by atoms with E-state index < -0.39 is 0 Å². The Kier molecular flexibility index (Phi) is 6.26. The molecule has 6 nitrogen and oxygen atoms in total. The molecule has 28 heavy (non-hydrogen) atoms. The number of hydrogen-bond donors (Lipinski definition) is 1. The number of aromatic nitrogens is 3. The fraction of sp³-hybridized carbons (Fsp3) is 0.250. The second kappa shape index (κ2) is 8.67. The van der Waals surface area contributed by atoms with Crippen molar-refractivity contribution in [1.82, 2.24) is 14.8 Å². The highest BCUT2D eigenvalue weighted by Crippen LogP contribution is 2.27. The molecule has 2 aromatic carbocycles. The summed E-state index contributed by atoms with van der Waals surface area (Å²) >= 11 is 7.31. The van der Waals surface area contributed by atoms with Gasteiger partial charge in [-0.3, -0.25) is 4.79 Å². The molecular weight excluding hydrogens is 394 g/mol. The second-order valence-electron chi connectivity index (χ2n) is 6.56. The van der Waals surface area contributed by atoms with E-state index >= 15 is 0 Å². The van der Waals surface area contributed by atoms with Gasteiger partial charge in [-0.1, -0.05) is 23.4 Å². The van der Waals surface area contributed by atoms with Gasteiger partial charge in [-0.25, -0.2) is 0 Å². The van der Waals surface area contributed by atoms with E-state index in [0.717, 1.165) is 22.8 Å². The van der Waals surface area contributed by atoms with Crippen molar-refractivity contribution in [2.75, 3.05) is 24.3 Å². The van der Waals surface area contributed by atoms with Crippen molar-refractivity contribution >= 4 is 40.6 Å². The quantitative estimate of drug-likeness (QED) is 0.607. The van der Waals surface area contributed by atoms with Gasteiger partial charge in [0.15, 0.2) is 11.0 Å². The first-order chi connectivity index (χ1) is 13.3. The van der Waals surface area contributed by atoms with Crippen LogP contribution in [-0.2, 0) is 11.8 Å². The lowest BCUT2D eigenvalue weighted by Crippen LogP contribution is -2.22. The molecule has 0 aliphatic carbocycles. The predicted molar refractivity (Wildman–Crippen MR) is 116 cm³/mol. The Hall–Kier alpha value is -2.51. The Balaban J connectivity index is 1.66. The number of amides is 1. The third kappa shape index (κ3) is 4.66. The summed E-state index contributed by atoms with van der Waals surface area (Å²) in [5, 5.41) is 12.4. The minimum atomic E-state index is -0.325. The van der Waals surface area contributed by atoms with Gasteiger partial charge in [-0.15, -0.1) is 10.2 Å². The number of rotatable bonds is 6. The molecule has 1 amide bonds. The van der Waals surface area contributed by atoms with Crippen molar-refractivity contribution in [1.29, 1.82) is 0 Å². The summed E-state index contributed by atoms with van der Waals surface area (Å²) in [5.41, 5.74) is 2.77. The Labute approximate surface area is 173 Å². The number of carbonyl (C=O) groups is 1. The molecule has 1 atom stereocenters. The molecule has 1 aromatic heterocycles. The van der Waals surface area contributed by atoms with E-state index in [1.807, 2.05) is 86.1 Å². The van der Waals surface area contributed by atoms with Crippen molar-refractivity contribution in [3.63, 3.8) is 0 Å². The molecule has 0 saturated heterocycles. The average molecular weight is 416 g/mol. The monoisotopic (exact) mass is 415 g/mol. The molecule has 0 aliphatic rings. The fourth-order valence-corrected chi connectivity index (χ4v) is 3.51. The lowest BCUT2D eigenvalue weighted by Gasteiger charge is -2.14. The third-order valence-electron chi connectivity index (χ3n) is 4.24. The van der Waals surface area contributed by atoms with Crippen molar-refractivity contribution < 1.29 is 4.79 Å².